The summed E-state index contributed by atoms with van der Waals surface area (Å²) in [5, 5.41) is 0.391. The number of aromatic nitrogens is 4. The Labute approximate surface area is 347 Å². The van der Waals surface area contributed by atoms with Gasteiger partial charge in [0.15, 0.2) is 0 Å². The van der Waals surface area contributed by atoms with Crippen LogP contribution in [-0.2, 0) is 0 Å². The van der Waals surface area contributed by atoms with Gasteiger partial charge in [0.25, 0.3) is 6.33 Å². The van der Waals surface area contributed by atoms with Crippen LogP contribution in [0.25, 0.3) is 72.3 Å². The zero-order valence-electron chi connectivity index (χ0n) is 38.1. The van der Waals surface area contributed by atoms with Crippen LogP contribution < -0.4 is 9.30 Å². The molecule has 3 aromatic heterocycles. The lowest BCUT2D eigenvalue weighted by Crippen LogP contribution is -2.31. The van der Waals surface area contributed by atoms with E-state index in [4.69, 9.17) is 15.2 Å². The van der Waals surface area contributed by atoms with Gasteiger partial charge < -0.3 is 4.74 Å². The van der Waals surface area contributed by atoms with Crippen molar-refractivity contribution in [2.45, 2.75) is 32.6 Å². The molecule has 0 atom stereocenters. The molecule has 0 radical (unpaired) electrons. The van der Waals surface area contributed by atoms with Crippen LogP contribution in [0, 0.1) is 6.33 Å². The lowest BCUT2D eigenvalue weighted by Gasteiger charge is -2.17. The Kier molecular flexibility index (Phi) is 7.52. The first-order valence-corrected chi connectivity index (χ1v) is 19.7. The SMILES string of the molecule is [2H]c1c(Oc2cccc(-n3[c-][n+](-c4c(-c5ccccc5)cccc4-c4ccccc4)c4ccccc43)c2)cc2c(c1[2H])c1c([2H])c([2H])c([2H])c([2H])c1n2-c1cc(C(CC)CC)ccn1. The van der Waals surface area contributed by atoms with Gasteiger partial charge in [-0.2, -0.15) is 0 Å². The second-order valence-corrected chi connectivity index (χ2v) is 14.3. The molecule has 0 spiro atoms. The van der Waals surface area contributed by atoms with E-state index >= 15 is 0 Å². The highest BCUT2D eigenvalue weighted by Crippen LogP contribution is 2.37. The molecule has 0 saturated heterocycles. The quantitative estimate of drug-likeness (QED) is 0.103. The number of ether oxygens (including phenoxy) is 1. The largest absolute Gasteiger partial charge is 0.458 e. The number of nitrogens with zero attached hydrogens (tertiary/aromatic N) is 4. The molecule has 0 amide bonds. The van der Waals surface area contributed by atoms with E-state index in [0.29, 0.717) is 17.1 Å². The Balaban J connectivity index is 1.14. The van der Waals surface area contributed by atoms with Gasteiger partial charge in [0.05, 0.1) is 41.7 Å². The summed E-state index contributed by atoms with van der Waals surface area (Å²) in [6, 6.07) is 46.6. The zero-order valence-corrected chi connectivity index (χ0v) is 32.1. The summed E-state index contributed by atoms with van der Waals surface area (Å²) in [4.78, 5) is 4.71. The van der Waals surface area contributed by atoms with E-state index in [2.05, 4.69) is 79.3 Å². The summed E-state index contributed by atoms with van der Waals surface area (Å²) in [5.41, 5.74) is 9.47. The summed E-state index contributed by atoms with van der Waals surface area (Å²) in [5.74, 6) is 1.21. The number of benzene rings is 7. The maximum absolute atomic E-state index is 9.36. The van der Waals surface area contributed by atoms with E-state index < -0.39 is 6.04 Å². The summed E-state index contributed by atoms with van der Waals surface area (Å²) < 4.78 is 66.2. The lowest BCUT2D eigenvalue weighted by atomic mass is 9.95. The predicted octanol–water partition coefficient (Wildman–Crippen LogP) is 13.2. The van der Waals surface area contributed by atoms with Crippen molar-refractivity contribution in [3.8, 4) is 50.9 Å². The summed E-state index contributed by atoms with van der Waals surface area (Å²) >= 11 is 0. The molecular formula is C53H42N4O. The first-order valence-electron chi connectivity index (χ1n) is 22.7. The molecule has 58 heavy (non-hydrogen) atoms. The van der Waals surface area contributed by atoms with Gasteiger partial charge in [0.1, 0.15) is 17.3 Å². The van der Waals surface area contributed by atoms with Crippen molar-refractivity contribution in [2.75, 3.05) is 0 Å². The van der Waals surface area contributed by atoms with Crippen LogP contribution in [0.2, 0.25) is 0 Å². The highest BCUT2D eigenvalue weighted by molar-refractivity contribution is 6.09. The minimum Gasteiger partial charge on any atom is -0.458 e. The Hall–Kier alpha value is -7.24. The molecule has 0 aliphatic heterocycles. The molecule has 3 heterocycles. The number of fused-ring (bicyclic) bond motifs is 4. The van der Waals surface area contributed by atoms with Crippen LogP contribution in [0.3, 0.4) is 0 Å². The molecule has 10 rings (SSSR count). The van der Waals surface area contributed by atoms with Gasteiger partial charge in [-0.25, -0.2) is 4.98 Å². The Morgan fingerprint density at radius 1 is 0.638 bits per heavy atom. The summed E-state index contributed by atoms with van der Waals surface area (Å²) in [6.45, 7) is 4.26. The third-order valence-corrected chi connectivity index (χ3v) is 11.0. The molecule has 0 fully saturated rings. The van der Waals surface area contributed by atoms with Crippen molar-refractivity contribution in [1.29, 1.82) is 0 Å². The van der Waals surface area contributed by atoms with E-state index in [1.807, 2.05) is 83.4 Å². The standard InChI is InChI=1S/C53H42N4O/c1-3-37(4-2)40-31-32-54-52(33-40)57-48-26-12-11-23-46(48)47-30-29-43(35-51(47)57)58-42-22-15-21-41(34-42)55-36-56(50-28-14-13-27-49(50)55)53-44(38-17-7-5-8-18-38)24-16-25-45(53)39-19-9-6-10-20-39/h5-35,37H,3-4H2,1-2H3/i11D,12D,23D,26D,29D,30D. The number of rotatable bonds is 10. The highest BCUT2D eigenvalue weighted by Gasteiger charge is 2.20. The van der Waals surface area contributed by atoms with Crippen LogP contribution in [0.4, 0.5) is 0 Å². The Morgan fingerprint density at radius 2 is 1.33 bits per heavy atom. The van der Waals surface area contributed by atoms with Gasteiger partial charge in [0.2, 0.25) is 0 Å². The minimum absolute atomic E-state index is 0.0887. The third kappa shape index (κ3) is 6.22. The Morgan fingerprint density at radius 3 is 2.09 bits per heavy atom. The predicted molar refractivity (Wildman–Crippen MR) is 236 cm³/mol. The first-order chi connectivity index (χ1) is 31.2. The van der Waals surface area contributed by atoms with E-state index in [9.17, 15) is 2.74 Å². The zero-order chi connectivity index (χ0) is 44.2. The van der Waals surface area contributed by atoms with Crippen molar-refractivity contribution in [1.82, 2.24) is 14.1 Å². The van der Waals surface area contributed by atoms with Crippen molar-refractivity contribution in [3.05, 3.63) is 200 Å². The van der Waals surface area contributed by atoms with Gasteiger partial charge >= 0.3 is 0 Å². The number of hydrogen-bond acceptors (Lipinski definition) is 2. The topological polar surface area (TPSA) is 35.9 Å². The maximum Gasteiger partial charge on any atom is 0.269 e. The number of hydrogen-bond donors (Lipinski definition) is 0. The second-order valence-electron chi connectivity index (χ2n) is 14.3. The maximum atomic E-state index is 9.36. The van der Waals surface area contributed by atoms with Gasteiger partial charge in [0, 0.05) is 23.0 Å². The molecule has 0 N–H and O–H groups in total. The molecular weight excluding hydrogens is 709 g/mol. The van der Waals surface area contributed by atoms with Crippen LogP contribution in [0.15, 0.2) is 188 Å². The van der Waals surface area contributed by atoms with Crippen LogP contribution in [-0.4, -0.2) is 14.1 Å². The van der Waals surface area contributed by atoms with E-state index in [0.717, 1.165) is 63.1 Å². The first kappa shape index (κ1) is 29.1. The molecule has 0 aliphatic rings. The lowest BCUT2D eigenvalue weighted by molar-refractivity contribution is -0.571. The molecule has 0 bridgehead atoms. The van der Waals surface area contributed by atoms with Crippen LogP contribution in [0.5, 0.6) is 11.5 Å². The fraction of sp³-hybridized carbons (Fsp3) is 0.0943. The molecule has 7 aromatic carbocycles. The average molecular weight is 757 g/mol. The monoisotopic (exact) mass is 756 g/mol. The average Bonchev–Trinajstić information content (AvgIpc) is 3.90. The number of imidazole rings is 1. The van der Waals surface area contributed by atoms with Crippen LogP contribution >= 0.6 is 0 Å². The molecule has 0 aliphatic carbocycles. The van der Waals surface area contributed by atoms with E-state index in [1.54, 1.807) is 22.9 Å². The van der Waals surface area contributed by atoms with Crippen molar-refractivity contribution in [2.24, 2.45) is 0 Å². The summed E-state index contributed by atoms with van der Waals surface area (Å²) in [7, 11) is 0. The Bertz CT molecular complexity index is 3360. The number of para-hydroxylation sites is 4. The molecule has 280 valence electrons. The van der Waals surface area contributed by atoms with Crippen molar-refractivity contribution < 1.29 is 17.5 Å². The van der Waals surface area contributed by atoms with Gasteiger partial charge in [-0.05, 0) is 95.0 Å². The highest BCUT2D eigenvalue weighted by atomic mass is 16.5. The molecule has 5 heteroatoms. The van der Waals surface area contributed by atoms with Crippen LogP contribution in [0.1, 0.15) is 46.4 Å². The van der Waals surface area contributed by atoms with Crippen molar-refractivity contribution >= 4 is 32.8 Å². The van der Waals surface area contributed by atoms with Gasteiger partial charge in [-0.15, -0.1) is 0 Å². The third-order valence-electron chi connectivity index (χ3n) is 11.0. The minimum atomic E-state index is -0.408. The molecule has 0 saturated carbocycles. The molecule has 5 nitrogen and oxygen atoms in total. The van der Waals surface area contributed by atoms with Gasteiger partial charge in [-0.3, -0.25) is 13.7 Å². The fourth-order valence-electron chi connectivity index (χ4n) is 8.14. The van der Waals surface area contributed by atoms with Crippen molar-refractivity contribution in [3.63, 3.8) is 0 Å². The number of pyridine rings is 1. The summed E-state index contributed by atoms with van der Waals surface area (Å²) in [6.07, 6.45) is 7.23. The second kappa shape index (κ2) is 15.0. The molecule has 10 aromatic rings. The van der Waals surface area contributed by atoms with E-state index in [-0.39, 0.29) is 58.2 Å². The molecule has 0 unspecified atom stereocenters. The fourth-order valence-corrected chi connectivity index (χ4v) is 8.14. The smallest absolute Gasteiger partial charge is 0.269 e. The normalized spacial score (nSPS) is 13.0. The van der Waals surface area contributed by atoms with E-state index in [1.165, 1.54) is 0 Å². The van der Waals surface area contributed by atoms with Gasteiger partial charge in [-0.1, -0.05) is 141 Å².